The van der Waals surface area contributed by atoms with Crippen molar-refractivity contribution in [3.8, 4) is 0 Å². The average Bonchev–Trinajstić information content (AvgIpc) is 2.73. The molecule has 3 N–H and O–H groups in total. The smallest absolute Gasteiger partial charge is 0.338 e. The predicted octanol–water partition coefficient (Wildman–Crippen LogP) is 1.29. The third-order valence-electron chi connectivity index (χ3n) is 2.11. The van der Waals surface area contributed by atoms with Crippen LogP contribution < -0.4 is 5.32 Å². The summed E-state index contributed by atoms with van der Waals surface area (Å²) in [6.45, 7) is 0.424. The highest BCUT2D eigenvalue weighted by molar-refractivity contribution is 7.14. The topological polar surface area (TPSA) is 89.9 Å². The first-order chi connectivity index (χ1) is 8.06. The maximum absolute atomic E-state index is 11.6. The molecule has 1 aromatic rings. The summed E-state index contributed by atoms with van der Waals surface area (Å²) in [7, 11) is 1.58. The number of carboxylic acids is 1. The number of anilines is 1. The highest BCUT2D eigenvalue weighted by Gasteiger charge is 2.15. The molecule has 2 amide bonds. The zero-order valence-corrected chi connectivity index (χ0v) is 10.2. The minimum atomic E-state index is -1.07. The summed E-state index contributed by atoms with van der Waals surface area (Å²) in [6.07, 6.45) is 0.486. The first-order valence-electron chi connectivity index (χ1n) is 5.00. The Morgan fingerprint density at radius 2 is 2.24 bits per heavy atom. The van der Waals surface area contributed by atoms with E-state index in [0.29, 0.717) is 18.0 Å². The lowest BCUT2D eigenvalue weighted by Gasteiger charge is -2.16. The number of aliphatic hydroxyl groups is 1. The molecular weight excluding hydrogens is 244 g/mol. The number of aliphatic hydroxyl groups excluding tert-OH is 1. The monoisotopic (exact) mass is 258 g/mol. The van der Waals surface area contributed by atoms with Gasteiger partial charge in [0.2, 0.25) is 0 Å². The number of carbonyl (C=O) groups excluding carboxylic acids is 1. The van der Waals surface area contributed by atoms with E-state index in [-0.39, 0.29) is 18.2 Å². The molecule has 0 aliphatic carbocycles. The highest BCUT2D eigenvalue weighted by atomic mass is 32.1. The van der Waals surface area contributed by atoms with E-state index in [2.05, 4.69) is 5.32 Å². The van der Waals surface area contributed by atoms with Crippen molar-refractivity contribution >= 4 is 28.3 Å². The number of amides is 2. The largest absolute Gasteiger partial charge is 0.478 e. The zero-order chi connectivity index (χ0) is 12.8. The molecule has 0 aliphatic rings. The zero-order valence-electron chi connectivity index (χ0n) is 9.34. The molecular formula is C10H14N2O4S. The maximum atomic E-state index is 11.6. The summed E-state index contributed by atoms with van der Waals surface area (Å²) in [5, 5.41) is 21.9. The van der Waals surface area contributed by atoms with Crippen molar-refractivity contribution in [1.29, 1.82) is 0 Å². The standard InChI is InChI=1S/C10H14N2O4S/c1-12(4-2-5-13)10(16)11-8-7(9(14)15)3-6-17-8/h3,6,13H,2,4-5H2,1H3,(H,11,16)(H,14,15). The van der Waals surface area contributed by atoms with Gasteiger partial charge in [0, 0.05) is 20.2 Å². The van der Waals surface area contributed by atoms with E-state index >= 15 is 0 Å². The minimum Gasteiger partial charge on any atom is -0.478 e. The molecule has 0 bridgehead atoms. The van der Waals surface area contributed by atoms with Crippen molar-refractivity contribution in [2.24, 2.45) is 0 Å². The highest BCUT2D eigenvalue weighted by Crippen LogP contribution is 2.23. The average molecular weight is 258 g/mol. The van der Waals surface area contributed by atoms with Crippen LogP contribution in [0.4, 0.5) is 9.80 Å². The van der Waals surface area contributed by atoms with Crippen LogP contribution >= 0.6 is 11.3 Å². The van der Waals surface area contributed by atoms with E-state index in [1.165, 1.54) is 11.0 Å². The predicted molar refractivity (Wildman–Crippen MR) is 64.6 cm³/mol. The van der Waals surface area contributed by atoms with Crippen LogP contribution in [-0.4, -0.2) is 47.3 Å². The van der Waals surface area contributed by atoms with Crippen LogP contribution in [0.15, 0.2) is 11.4 Å². The fourth-order valence-corrected chi connectivity index (χ4v) is 1.95. The molecule has 0 radical (unpaired) electrons. The van der Waals surface area contributed by atoms with Crippen LogP contribution in [0, 0.1) is 0 Å². The molecule has 1 aromatic heterocycles. The lowest BCUT2D eigenvalue weighted by Crippen LogP contribution is -2.32. The molecule has 0 fully saturated rings. The number of nitrogens with one attached hydrogen (secondary N) is 1. The van der Waals surface area contributed by atoms with E-state index in [1.54, 1.807) is 12.4 Å². The van der Waals surface area contributed by atoms with Gasteiger partial charge in [-0.3, -0.25) is 5.32 Å². The summed E-state index contributed by atoms with van der Waals surface area (Å²) in [5.41, 5.74) is 0.0823. The van der Waals surface area contributed by atoms with Crippen molar-refractivity contribution in [2.45, 2.75) is 6.42 Å². The van der Waals surface area contributed by atoms with Gasteiger partial charge in [-0.2, -0.15) is 0 Å². The van der Waals surface area contributed by atoms with Gasteiger partial charge in [0.25, 0.3) is 0 Å². The van der Waals surface area contributed by atoms with Crippen molar-refractivity contribution < 1.29 is 19.8 Å². The van der Waals surface area contributed by atoms with Crippen LogP contribution in [-0.2, 0) is 0 Å². The molecule has 0 spiro atoms. The molecule has 7 heteroatoms. The Bertz CT molecular complexity index is 405. The molecule has 1 heterocycles. The minimum absolute atomic E-state index is 0.0109. The molecule has 0 saturated heterocycles. The lowest BCUT2D eigenvalue weighted by molar-refractivity contribution is 0.0698. The van der Waals surface area contributed by atoms with Crippen LogP contribution in [0.2, 0.25) is 0 Å². The normalized spacial score (nSPS) is 10.0. The van der Waals surface area contributed by atoms with E-state index in [4.69, 9.17) is 10.2 Å². The van der Waals surface area contributed by atoms with Gasteiger partial charge in [-0.05, 0) is 17.9 Å². The van der Waals surface area contributed by atoms with Crippen molar-refractivity contribution in [2.75, 3.05) is 25.5 Å². The number of carbonyl (C=O) groups is 2. The fraction of sp³-hybridized carbons (Fsp3) is 0.400. The lowest BCUT2D eigenvalue weighted by atomic mass is 10.3. The number of urea groups is 1. The number of aromatic carboxylic acids is 1. The van der Waals surface area contributed by atoms with Gasteiger partial charge in [0.15, 0.2) is 0 Å². The van der Waals surface area contributed by atoms with Gasteiger partial charge >= 0.3 is 12.0 Å². The van der Waals surface area contributed by atoms with Gasteiger partial charge < -0.3 is 15.1 Å². The van der Waals surface area contributed by atoms with E-state index < -0.39 is 5.97 Å². The van der Waals surface area contributed by atoms with Crippen molar-refractivity contribution in [3.05, 3.63) is 17.0 Å². The Hall–Kier alpha value is -1.60. The Balaban J connectivity index is 2.61. The second-order valence-electron chi connectivity index (χ2n) is 3.40. The molecule has 0 aromatic carbocycles. The summed E-state index contributed by atoms with van der Waals surface area (Å²) in [6, 6.07) is 1.06. The molecule has 1 rings (SSSR count). The Morgan fingerprint density at radius 3 is 2.82 bits per heavy atom. The number of nitrogens with zero attached hydrogens (tertiary/aromatic N) is 1. The maximum Gasteiger partial charge on any atom is 0.338 e. The van der Waals surface area contributed by atoms with Gasteiger partial charge in [-0.1, -0.05) is 0 Å². The number of hydrogen-bond acceptors (Lipinski definition) is 4. The Kier molecular flexibility index (Phi) is 4.92. The number of thiophene rings is 1. The van der Waals surface area contributed by atoms with Crippen molar-refractivity contribution in [1.82, 2.24) is 4.90 Å². The summed E-state index contributed by atoms with van der Waals surface area (Å²) < 4.78 is 0. The van der Waals surface area contributed by atoms with Gasteiger partial charge in [0.1, 0.15) is 5.00 Å². The molecule has 0 unspecified atom stereocenters. The van der Waals surface area contributed by atoms with E-state index in [1.807, 2.05) is 0 Å². The SMILES string of the molecule is CN(CCCO)C(=O)Nc1sccc1C(=O)O. The van der Waals surface area contributed by atoms with Crippen LogP contribution in [0.25, 0.3) is 0 Å². The second-order valence-corrected chi connectivity index (χ2v) is 4.31. The van der Waals surface area contributed by atoms with Gasteiger partial charge in [-0.15, -0.1) is 11.3 Å². The van der Waals surface area contributed by atoms with Crippen LogP contribution in [0.5, 0.6) is 0 Å². The molecule has 0 atom stereocenters. The summed E-state index contributed by atoms with van der Waals surface area (Å²) in [5.74, 6) is -1.07. The molecule has 6 nitrogen and oxygen atoms in total. The summed E-state index contributed by atoms with van der Waals surface area (Å²) >= 11 is 1.16. The molecule has 17 heavy (non-hydrogen) atoms. The third kappa shape index (κ3) is 3.72. The van der Waals surface area contributed by atoms with Gasteiger partial charge in [-0.25, -0.2) is 9.59 Å². The number of hydrogen-bond donors (Lipinski definition) is 3. The Morgan fingerprint density at radius 1 is 1.53 bits per heavy atom. The molecule has 94 valence electrons. The first kappa shape index (κ1) is 13.5. The third-order valence-corrected chi connectivity index (χ3v) is 2.94. The molecule has 0 saturated carbocycles. The fourth-order valence-electron chi connectivity index (χ4n) is 1.18. The second kappa shape index (κ2) is 6.21. The van der Waals surface area contributed by atoms with E-state index in [9.17, 15) is 9.59 Å². The summed E-state index contributed by atoms with van der Waals surface area (Å²) in [4.78, 5) is 23.8. The molecule has 0 aliphatic heterocycles. The van der Waals surface area contributed by atoms with Crippen LogP contribution in [0.3, 0.4) is 0 Å². The quantitative estimate of drug-likeness (QED) is 0.742. The number of rotatable bonds is 5. The van der Waals surface area contributed by atoms with E-state index in [0.717, 1.165) is 11.3 Å². The number of carboxylic acid groups (broad SMARTS) is 1. The van der Waals surface area contributed by atoms with Crippen molar-refractivity contribution in [3.63, 3.8) is 0 Å². The van der Waals surface area contributed by atoms with Gasteiger partial charge in [0.05, 0.1) is 5.56 Å². The Labute approximate surface area is 102 Å². The van der Waals surface area contributed by atoms with Crippen LogP contribution in [0.1, 0.15) is 16.8 Å². The first-order valence-corrected chi connectivity index (χ1v) is 5.88.